The first-order chi connectivity index (χ1) is 11.8. The van der Waals surface area contributed by atoms with E-state index in [2.05, 4.69) is 10.5 Å². The average molecular weight is 373 g/mol. The van der Waals surface area contributed by atoms with E-state index >= 15 is 0 Å². The fourth-order valence-electron chi connectivity index (χ4n) is 2.06. The van der Waals surface area contributed by atoms with Gasteiger partial charge in [-0.15, -0.1) is 0 Å². The number of nitrogens with one attached hydrogen (secondary N) is 1. The lowest BCUT2D eigenvalue weighted by molar-refractivity contribution is -0.137. The Bertz CT molecular complexity index is 792. The molecule has 0 saturated heterocycles. The van der Waals surface area contributed by atoms with Gasteiger partial charge in [-0.3, -0.25) is 5.43 Å². The molecule has 1 N–H and O–H groups in total. The summed E-state index contributed by atoms with van der Waals surface area (Å²) in [4.78, 5) is 0. The van der Waals surface area contributed by atoms with Gasteiger partial charge < -0.3 is 9.47 Å². The summed E-state index contributed by atoms with van der Waals surface area (Å²) in [5.41, 5.74) is 3.09. The lowest BCUT2D eigenvalue weighted by atomic mass is 10.1. The van der Waals surface area contributed by atoms with Crippen LogP contribution in [0.5, 0.6) is 11.5 Å². The minimum atomic E-state index is -4.46. The Morgan fingerprint density at radius 1 is 1.04 bits per heavy atom. The average Bonchev–Trinajstić information content (AvgIpc) is 2.59. The predicted octanol–water partition coefficient (Wildman–Crippen LogP) is 5.21. The zero-order chi connectivity index (χ0) is 18.6. The lowest BCUT2D eigenvalue weighted by Crippen LogP contribution is -2.06. The van der Waals surface area contributed by atoms with Crippen LogP contribution < -0.4 is 14.9 Å². The molecule has 2 aromatic rings. The van der Waals surface area contributed by atoms with Gasteiger partial charge >= 0.3 is 6.18 Å². The van der Waals surface area contributed by atoms with E-state index in [0.29, 0.717) is 22.8 Å². The fourth-order valence-corrected chi connectivity index (χ4v) is 2.22. The van der Waals surface area contributed by atoms with Crippen LogP contribution in [0.15, 0.2) is 41.5 Å². The quantitative estimate of drug-likeness (QED) is 0.578. The van der Waals surface area contributed by atoms with Crippen molar-refractivity contribution in [3.05, 3.63) is 52.5 Å². The highest BCUT2D eigenvalue weighted by Gasteiger charge is 2.30. The van der Waals surface area contributed by atoms with Gasteiger partial charge in [0.2, 0.25) is 0 Å². The second-order valence-electron chi connectivity index (χ2n) is 5.07. The van der Waals surface area contributed by atoms with Crippen LogP contribution in [0.2, 0.25) is 5.02 Å². The molecule has 0 saturated carbocycles. The van der Waals surface area contributed by atoms with Gasteiger partial charge in [0.05, 0.1) is 36.2 Å². The highest BCUT2D eigenvalue weighted by atomic mass is 35.5. The Morgan fingerprint density at radius 2 is 1.72 bits per heavy atom. The molecule has 0 aliphatic rings. The third-order valence-corrected chi connectivity index (χ3v) is 3.77. The Hall–Kier alpha value is -2.41. The summed E-state index contributed by atoms with van der Waals surface area (Å²) in [5, 5.41) is 4.23. The summed E-state index contributed by atoms with van der Waals surface area (Å²) >= 11 is 5.93. The molecule has 0 amide bonds. The normalized spacial score (nSPS) is 12.0. The van der Waals surface area contributed by atoms with Crippen LogP contribution in [0.25, 0.3) is 0 Å². The first kappa shape index (κ1) is 18.9. The third kappa shape index (κ3) is 4.57. The van der Waals surface area contributed by atoms with Crippen LogP contribution >= 0.6 is 11.6 Å². The Labute approximate surface area is 148 Å². The van der Waals surface area contributed by atoms with Crippen molar-refractivity contribution in [1.29, 1.82) is 0 Å². The largest absolute Gasteiger partial charge is 0.493 e. The van der Waals surface area contributed by atoms with E-state index in [1.165, 1.54) is 20.3 Å². The summed E-state index contributed by atoms with van der Waals surface area (Å²) < 4.78 is 48.7. The molecule has 0 radical (unpaired) electrons. The number of hydrazone groups is 1. The number of nitrogens with zero attached hydrogens (tertiary/aromatic N) is 1. The van der Waals surface area contributed by atoms with Crippen molar-refractivity contribution in [3.63, 3.8) is 0 Å². The van der Waals surface area contributed by atoms with Crippen LogP contribution in [0, 0.1) is 0 Å². The molecular formula is C17H16ClF3N2O2. The van der Waals surface area contributed by atoms with Crippen molar-refractivity contribution in [2.75, 3.05) is 19.6 Å². The number of anilines is 1. The third-order valence-electron chi connectivity index (χ3n) is 3.44. The van der Waals surface area contributed by atoms with Gasteiger partial charge in [-0.1, -0.05) is 11.6 Å². The van der Waals surface area contributed by atoms with Gasteiger partial charge in [-0.25, -0.2) is 0 Å². The van der Waals surface area contributed by atoms with E-state index in [9.17, 15) is 13.2 Å². The molecule has 0 atom stereocenters. The summed E-state index contributed by atoms with van der Waals surface area (Å²) in [7, 11) is 3.03. The Kier molecular flexibility index (Phi) is 5.79. The van der Waals surface area contributed by atoms with E-state index in [1.807, 2.05) is 0 Å². The molecule has 8 heteroatoms. The number of ether oxygens (including phenoxy) is 2. The topological polar surface area (TPSA) is 42.8 Å². The molecule has 0 aliphatic heterocycles. The number of rotatable bonds is 5. The Morgan fingerprint density at radius 3 is 2.32 bits per heavy atom. The number of benzene rings is 2. The predicted molar refractivity (Wildman–Crippen MR) is 91.8 cm³/mol. The maximum atomic E-state index is 12.8. The van der Waals surface area contributed by atoms with Crippen molar-refractivity contribution in [1.82, 2.24) is 0 Å². The monoisotopic (exact) mass is 372 g/mol. The van der Waals surface area contributed by atoms with Crippen LogP contribution in [-0.2, 0) is 6.18 Å². The molecule has 2 rings (SSSR count). The number of hydrogen-bond donors (Lipinski definition) is 1. The highest BCUT2D eigenvalue weighted by Crippen LogP contribution is 2.34. The Balaban J connectivity index is 2.27. The molecule has 4 nitrogen and oxygen atoms in total. The van der Waals surface area contributed by atoms with E-state index in [-0.39, 0.29) is 10.7 Å². The van der Waals surface area contributed by atoms with E-state index in [0.717, 1.165) is 12.1 Å². The van der Waals surface area contributed by atoms with Crippen molar-refractivity contribution in [3.8, 4) is 11.5 Å². The second-order valence-corrected chi connectivity index (χ2v) is 5.48. The maximum absolute atomic E-state index is 12.8. The molecule has 2 aromatic carbocycles. The minimum Gasteiger partial charge on any atom is -0.493 e. The SMILES string of the molecule is COc1ccc(C(C)=NNc2cc(C(F)(F)F)ccc2Cl)cc1OC. The number of hydrogen-bond acceptors (Lipinski definition) is 4. The van der Waals surface area contributed by atoms with Gasteiger partial charge in [-0.05, 0) is 43.3 Å². The van der Waals surface area contributed by atoms with Crippen molar-refractivity contribution in [2.24, 2.45) is 5.10 Å². The summed E-state index contributed by atoms with van der Waals surface area (Å²) in [6, 6.07) is 8.19. The standard InChI is InChI=1S/C17H16ClF3N2O2/c1-10(11-4-7-15(24-2)16(8-11)25-3)22-23-14-9-12(17(19,20)21)5-6-13(14)18/h4-9,23H,1-3H3. The van der Waals surface area contributed by atoms with Crippen molar-refractivity contribution < 1.29 is 22.6 Å². The van der Waals surface area contributed by atoms with E-state index < -0.39 is 11.7 Å². The van der Waals surface area contributed by atoms with Gasteiger partial charge in [0.15, 0.2) is 11.5 Å². The highest BCUT2D eigenvalue weighted by molar-refractivity contribution is 6.33. The smallest absolute Gasteiger partial charge is 0.416 e. The van der Waals surface area contributed by atoms with Gasteiger partial charge in [0.25, 0.3) is 0 Å². The van der Waals surface area contributed by atoms with Crippen LogP contribution in [-0.4, -0.2) is 19.9 Å². The summed E-state index contributed by atoms with van der Waals surface area (Å²) in [5.74, 6) is 1.08. The molecular weight excluding hydrogens is 357 g/mol. The van der Waals surface area contributed by atoms with E-state index in [4.69, 9.17) is 21.1 Å². The number of alkyl halides is 3. The van der Waals surface area contributed by atoms with Crippen LogP contribution in [0.1, 0.15) is 18.1 Å². The maximum Gasteiger partial charge on any atom is 0.416 e. The zero-order valence-corrected chi connectivity index (χ0v) is 14.5. The number of methoxy groups -OCH3 is 2. The molecule has 0 spiro atoms. The van der Waals surface area contributed by atoms with Crippen LogP contribution in [0.3, 0.4) is 0 Å². The summed E-state index contributed by atoms with van der Waals surface area (Å²) in [6.45, 7) is 1.70. The molecule has 134 valence electrons. The van der Waals surface area contributed by atoms with Crippen LogP contribution in [0.4, 0.5) is 18.9 Å². The molecule has 25 heavy (non-hydrogen) atoms. The van der Waals surface area contributed by atoms with E-state index in [1.54, 1.807) is 25.1 Å². The van der Waals surface area contributed by atoms with Crippen molar-refractivity contribution in [2.45, 2.75) is 13.1 Å². The first-order valence-corrected chi connectivity index (χ1v) is 7.53. The van der Waals surface area contributed by atoms with Gasteiger partial charge in [-0.2, -0.15) is 18.3 Å². The van der Waals surface area contributed by atoms with Crippen molar-refractivity contribution >= 4 is 23.0 Å². The molecule has 0 heterocycles. The molecule has 0 aliphatic carbocycles. The number of halogens is 4. The zero-order valence-electron chi connectivity index (χ0n) is 13.7. The minimum absolute atomic E-state index is 0.0660. The molecule has 0 aromatic heterocycles. The van der Waals surface area contributed by atoms with Gasteiger partial charge in [0, 0.05) is 5.56 Å². The fraction of sp³-hybridized carbons (Fsp3) is 0.235. The lowest BCUT2D eigenvalue weighted by Gasteiger charge is -2.11. The molecule has 0 fully saturated rings. The second kappa shape index (κ2) is 7.65. The van der Waals surface area contributed by atoms with Gasteiger partial charge in [0.1, 0.15) is 0 Å². The first-order valence-electron chi connectivity index (χ1n) is 7.15. The molecule has 0 unspecified atom stereocenters. The summed E-state index contributed by atoms with van der Waals surface area (Å²) in [6.07, 6.45) is -4.46. The molecule has 0 bridgehead atoms.